The van der Waals surface area contributed by atoms with Crippen molar-refractivity contribution in [1.82, 2.24) is 4.90 Å². The van der Waals surface area contributed by atoms with Crippen LogP contribution in [0.1, 0.15) is 75.3 Å². The molecule has 0 saturated heterocycles. The van der Waals surface area contributed by atoms with Crippen LogP contribution in [0.3, 0.4) is 0 Å². The summed E-state index contributed by atoms with van der Waals surface area (Å²) in [4.78, 5) is 34.0. The number of oxime groups is 1. The number of ether oxygens (including phenoxy) is 3. The lowest BCUT2D eigenvalue weighted by atomic mass is 9.55. The van der Waals surface area contributed by atoms with E-state index in [1.807, 2.05) is 42.2 Å². The number of nitrogens with zero attached hydrogens (tertiary/aromatic N) is 3. The minimum Gasteiger partial charge on any atom is -0.493 e. The Hall–Kier alpha value is -4.95. The number of nitro benzene ring substituents is 1. The molecule has 2 aliphatic carbocycles. The summed E-state index contributed by atoms with van der Waals surface area (Å²) in [6.45, 7) is 7.28. The zero-order valence-electron chi connectivity index (χ0n) is 35.2. The average molecular weight is 854 g/mol. The number of unbranched alkanes of at least 4 members (excludes halogenated alkanes) is 2. The number of nitro groups is 1. The summed E-state index contributed by atoms with van der Waals surface area (Å²) in [5.74, 6) is 0.0847. The van der Waals surface area contributed by atoms with E-state index in [0.29, 0.717) is 49.4 Å². The van der Waals surface area contributed by atoms with Gasteiger partial charge in [0.15, 0.2) is 0 Å². The van der Waals surface area contributed by atoms with E-state index in [0.717, 1.165) is 48.3 Å². The highest BCUT2D eigenvalue weighted by Gasteiger charge is 2.65. The predicted octanol–water partition coefficient (Wildman–Crippen LogP) is 8.98. The van der Waals surface area contributed by atoms with Gasteiger partial charge in [0, 0.05) is 66.5 Å². The predicted molar refractivity (Wildman–Crippen MR) is 239 cm³/mol. The number of non-ortho nitro benzene ring substituents is 1. The molecule has 1 aliphatic heterocycles. The summed E-state index contributed by atoms with van der Waals surface area (Å²) in [7, 11) is 1.53. The summed E-state index contributed by atoms with van der Waals surface area (Å²) in [6, 6.07) is 21.6. The van der Waals surface area contributed by atoms with Crippen LogP contribution < -0.4 is 9.47 Å². The van der Waals surface area contributed by atoms with Gasteiger partial charge < -0.3 is 34.2 Å². The van der Waals surface area contributed by atoms with E-state index in [2.05, 4.69) is 36.0 Å². The van der Waals surface area contributed by atoms with E-state index in [1.54, 1.807) is 36.0 Å². The van der Waals surface area contributed by atoms with Crippen LogP contribution in [-0.4, -0.2) is 89.3 Å². The Bertz CT molecular complexity index is 2020. The molecule has 13 heteroatoms. The third-order valence-electron chi connectivity index (χ3n) is 11.9. The van der Waals surface area contributed by atoms with Gasteiger partial charge in [0.25, 0.3) is 5.69 Å². The summed E-state index contributed by atoms with van der Waals surface area (Å²) < 4.78 is 20.8. The minimum absolute atomic E-state index is 0.0313. The number of aliphatic hydroxyl groups excluding tert-OH is 2. The second-order valence-corrected chi connectivity index (χ2v) is 16.8. The third kappa shape index (κ3) is 10.7. The van der Waals surface area contributed by atoms with Gasteiger partial charge in [-0.15, -0.1) is 18.3 Å². The number of benzene rings is 3. The second kappa shape index (κ2) is 22.2. The Labute approximate surface area is 363 Å². The zero-order valence-corrected chi connectivity index (χ0v) is 36.0. The van der Waals surface area contributed by atoms with Crippen molar-refractivity contribution in [1.29, 1.82) is 0 Å². The quantitative estimate of drug-likeness (QED) is 0.0236. The van der Waals surface area contributed by atoms with E-state index in [9.17, 15) is 25.1 Å². The molecule has 0 radical (unpaired) electrons. The number of rotatable bonds is 23. The molecule has 1 amide bonds. The normalized spacial score (nSPS) is 23.4. The van der Waals surface area contributed by atoms with Crippen molar-refractivity contribution >= 4 is 35.1 Å². The van der Waals surface area contributed by atoms with Crippen LogP contribution in [-0.2, 0) is 14.4 Å². The van der Waals surface area contributed by atoms with Gasteiger partial charge in [0.1, 0.15) is 24.7 Å². The minimum atomic E-state index is -1.38. The lowest BCUT2D eigenvalue weighted by molar-refractivity contribution is -0.384. The zero-order chi connectivity index (χ0) is 43.2. The summed E-state index contributed by atoms with van der Waals surface area (Å²) in [5.41, 5.74) is 3.28. The smallest absolute Gasteiger partial charge is 0.269 e. The van der Waals surface area contributed by atoms with Crippen molar-refractivity contribution < 1.29 is 39.0 Å². The lowest BCUT2D eigenvalue weighted by Gasteiger charge is -2.60. The fourth-order valence-corrected chi connectivity index (χ4v) is 10.1. The molecule has 326 valence electrons. The van der Waals surface area contributed by atoms with E-state index in [1.165, 1.54) is 30.2 Å². The molecule has 0 spiro atoms. The summed E-state index contributed by atoms with van der Waals surface area (Å²) in [5, 5.41) is 35.7. The summed E-state index contributed by atoms with van der Waals surface area (Å²) >= 11 is 1.74. The molecule has 2 N–H and O–H groups in total. The van der Waals surface area contributed by atoms with Crippen LogP contribution in [0.2, 0.25) is 0 Å². The van der Waals surface area contributed by atoms with Crippen LogP contribution in [0.4, 0.5) is 5.69 Å². The third-order valence-corrected chi connectivity index (χ3v) is 12.8. The Morgan fingerprint density at radius 2 is 1.82 bits per heavy atom. The highest BCUT2D eigenvalue weighted by molar-refractivity contribution is 7.99. The average Bonchev–Trinajstić information content (AvgIpc) is 3.27. The maximum Gasteiger partial charge on any atom is 0.269 e. The van der Waals surface area contributed by atoms with Crippen molar-refractivity contribution in [2.75, 3.05) is 45.8 Å². The molecule has 1 saturated carbocycles. The topological polar surface area (TPSA) is 153 Å². The SMILES string of the molecule is C=CCOC12Oc3ccc(OCCSc4ccccc4)cc3C3C(CCCCO)C(CCCCO)C=C(C(=NOC)CC1N(CCC)C(=O)C=Cc1ccc([N+](=O)[O-])cc1)C32. The number of carbonyl (C=O) groups is 1. The van der Waals surface area contributed by atoms with Crippen molar-refractivity contribution in [3.05, 3.63) is 124 Å². The molecule has 1 fully saturated rings. The molecule has 6 rings (SSSR count). The molecule has 61 heavy (non-hydrogen) atoms. The van der Waals surface area contributed by atoms with Gasteiger partial charge in [-0.05, 0) is 104 Å². The number of aliphatic hydroxyl groups is 2. The first kappa shape index (κ1) is 45.6. The van der Waals surface area contributed by atoms with Gasteiger partial charge in [0.2, 0.25) is 11.7 Å². The number of hydrogen-bond acceptors (Lipinski definition) is 11. The number of fused-ring (bicyclic) bond motifs is 2. The van der Waals surface area contributed by atoms with Crippen molar-refractivity contribution in [3.63, 3.8) is 0 Å². The van der Waals surface area contributed by atoms with Gasteiger partial charge >= 0.3 is 0 Å². The van der Waals surface area contributed by atoms with E-state index in [-0.39, 0.29) is 55.6 Å². The highest BCUT2D eigenvalue weighted by atomic mass is 32.2. The maximum atomic E-state index is 14.6. The van der Waals surface area contributed by atoms with Crippen LogP contribution in [0.5, 0.6) is 11.5 Å². The standard InChI is InChI=1S/C48H59N3O9S/c1-4-25-50(45(54)24-19-34-17-20-36(21-18-34)51(55)56)44-33-42(49-57-3)40-31-35(13-9-11-26-52)39(16-10-12-27-53)46-41-32-37(58-29-30-61-38-14-7-6-8-15-38)22-23-43(41)60-48(44,47(40)46)59-28-5-2/h5-8,14-15,17-24,31-32,35,39,44,46-47,52-53H,2,4,9-13,16,25-30,33H2,1,3H3. The van der Waals surface area contributed by atoms with Gasteiger partial charge in [-0.2, -0.15) is 0 Å². The van der Waals surface area contributed by atoms with E-state index >= 15 is 0 Å². The Kier molecular flexibility index (Phi) is 16.6. The molecule has 1 heterocycles. The molecule has 6 unspecified atom stereocenters. The van der Waals surface area contributed by atoms with Crippen molar-refractivity contribution in [2.45, 2.75) is 80.9 Å². The molecule has 3 aliphatic rings. The van der Waals surface area contributed by atoms with E-state index < -0.39 is 22.7 Å². The van der Waals surface area contributed by atoms with Crippen LogP contribution >= 0.6 is 11.8 Å². The first-order valence-electron chi connectivity index (χ1n) is 21.4. The van der Waals surface area contributed by atoms with Gasteiger partial charge in [-0.3, -0.25) is 14.9 Å². The lowest BCUT2D eigenvalue weighted by Crippen LogP contribution is -2.70. The molecule has 12 nitrogen and oxygen atoms in total. The summed E-state index contributed by atoms with van der Waals surface area (Å²) in [6.07, 6.45) is 12.8. The van der Waals surface area contributed by atoms with Gasteiger partial charge in [0.05, 0.1) is 29.8 Å². The monoisotopic (exact) mass is 853 g/mol. The number of carbonyl (C=O) groups excluding carboxylic acids is 1. The Morgan fingerprint density at radius 1 is 1.07 bits per heavy atom. The molecule has 0 bridgehead atoms. The number of amides is 1. The molecular weight excluding hydrogens is 795 g/mol. The molecule has 3 aromatic carbocycles. The van der Waals surface area contributed by atoms with Gasteiger partial charge in [-0.25, -0.2) is 0 Å². The number of hydrogen-bond donors (Lipinski definition) is 2. The molecule has 3 aromatic rings. The van der Waals surface area contributed by atoms with Crippen molar-refractivity contribution in [2.24, 2.45) is 22.9 Å². The first-order valence-corrected chi connectivity index (χ1v) is 22.4. The molecular formula is C48H59N3O9S. The fraction of sp³-hybridized carbons (Fsp3) is 0.458. The van der Waals surface area contributed by atoms with Crippen molar-refractivity contribution in [3.8, 4) is 11.5 Å². The van der Waals surface area contributed by atoms with E-state index in [4.69, 9.17) is 19.0 Å². The largest absolute Gasteiger partial charge is 0.493 e. The fourth-order valence-electron chi connectivity index (χ4n) is 9.32. The number of thioether (sulfide) groups is 1. The first-order chi connectivity index (χ1) is 29.8. The number of allylic oxidation sites excluding steroid dienone is 1. The highest BCUT2D eigenvalue weighted by Crippen LogP contribution is 2.62. The van der Waals surface area contributed by atoms with Crippen LogP contribution in [0, 0.1) is 27.9 Å². The van der Waals surface area contributed by atoms with Crippen LogP contribution in [0.15, 0.2) is 113 Å². The second-order valence-electron chi connectivity index (χ2n) is 15.7. The Morgan fingerprint density at radius 3 is 2.51 bits per heavy atom. The Balaban J connectivity index is 1.47. The van der Waals surface area contributed by atoms with Gasteiger partial charge in [-0.1, -0.05) is 55.3 Å². The van der Waals surface area contributed by atoms with Crippen LogP contribution in [0.25, 0.3) is 6.08 Å². The maximum absolute atomic E-state index is 14.6. The molecule has 6 atom stereocenters. The molecule has 0 aromatic heterocycles.